The molecule has 94 valence electrons. The van der Waals surface area contributed by atoms with Crippen LogP contribution in [0.15, 0.2) is 30.3 Å². The Bertz CT molecular complexity index is 350. The smallest absolute Gasteiger partial charge is 0.124 e. The first-order valence-electron chi connectivity index (χ1n) is 6.26. The summed E-state index contributed by atoms with van der Waals surface area (Å²) in [6, 6.07) is 10.1. The second kappa shape index (κ2) is 5.15. The fraction of sp³-hybridized carbons (Fsp3) is 0.571. The van der Waals surface area contributed by atoms with Crippen LogP contribution in [-0.4, -0.2) is 36.2 Å². The van der Waals surface area contributed by atoms with Crippen LogP contribution in [0.25, 0.3) is 0 Å². The summed E-state index contributed by atoms with van der Waals surface area (Å²) in [4.78, 5) is 2.13. The standard InChI is InChI=1S/C14H21FN2/c1-14(15,9-12-5-3-2-4-6-12)11-17-8-7-13(16)10-17/h2-6,13H,7-11,16H2,1H3. The van der Waals surface area contributed by atoms with E-state index in [1.165, 1.54) is 0 Å². The molecule has 0 aliphatic carbocycles. The van der Waals surface area contributed by atoms with Gasteiger partial charge in [0.25, 0.3) is 0 Å². The minimum absolute atomic E-state index is 0.225. The van der Waals surface area contributed by atoms with Crippen molar-refractivity contribution in [2.24, 2.45) is 5.73 Å². The molecule has 1 fully saturated rings. The molecule has 0 radical (unpaired) electrons. The lowest BCUT2D eigenvalue weighted by molar-refractivity contribution is 0.123. The second-order valence-electron chi connectivity index (χ2n) is 5.36. The minimum Gasteiger partial charge on any atom is -0.326 e. The van der Waals surface area contributed by atoms with Crippen molar-refractivity contribution in [3.8, 4) is 0 Å². The van der Waals surface area contributed by atoms with Crippen LogP contribution in [0.1, 0.15) is 18.9 Å². The molecule has 1 aromatic carbocycles. The maximum Gasteiger partial charge on any atom is 0.124 e. The molecule has 17 heavy (non-hydrogen) atoms. The molecule has 0 saturated carbocycles. The fourth-order valence-electron chi connectivity index (χ4n) is 2.55. The number of rotatable bonds is 4. The lowest BCUT2D eigenvalue weighted by Crippen LogP contribution is -2.39. The average molecular weight is 236 g/mol. The van der Waals surface area contributed by atoms with Gasteiger partial charge in [0.1, 0.15) is 5.67 Å². The molecule has 1 aromatic rings. The van der Waals surface area contributed by atoms with Crippen molar-refractivity contribution in [3.05, 3.63) is 35.9 Å². The summed E-state index contributed by atoms with van der Waals surface area (Å²) in [7, 11) is 0. The van der Waals surface area contributed by atoms with E-state index in [0.717, 1.165) is 25.1 Å². The SMILES string of the molecule is CC(F)(Cc1ccccc1)CN1CCC(N)C1. The monoisotopic (exact) mass is 236 g/mol. The molecule has 0 amide bonds. The topological polar surface area (TPSA) is 29.3 Å². The van der Waals surface area contributed by atoms with Gasteiger partial charge >= 0.3 is 0 Å². The predicted octanol–water partition coefficient (Wildman–Crippen LogP) is 1.99. The van der Waals surface area contributed by atoms with Crippen molar-refractivity contribution >= 4 is 0 Å². The van der Waals surface area contributed by atoms with Gasteiger partial charge in [-0.3, -0.25) is 4.90 Å². The summed E-state index contributed by atoms with van der Waals surface area (Å²) < 4.78 is 14.5. The van der Waals surface area contributed by atoms with Gasteiger partial charge in [0.05, 0.1) is 0 Å². The molecule has 3 heteroatoms. The first kappa shape index (κ1) is 12.5. The Kier molecular flexibility index (Phi) is 3.79. The molecule has 2 unspecified atom stereocenters. The van der Waals surface area contributed by atoms with Crippen LogP contribution in [0.5, 0.6) is 0 Å². The van der Waals surface area contributed by atoms with Gasteiger partial charge in [0, 0.05) is 25.6 Å². The third kappa shape index (κ3) is 3.79. The highest BCUT2D eigenvalue weighted by atomic mass is 19.1. The Hall–Kier alpha value is -0.930. The molecule has 2 rings (SSSR count). The van der Waals surface area contributed by atoms with Gasteiger partial charge in [-0.05, 0) is 25.5 Å². The zero-order valence-electron chi connectivity index (χ0n) is 10.4. The molecule has 0 bridgehead atoms. The number of nitrogens with two attached hydrogens (primary N) is 1. The maximum absolute atomic E-state index is 14.5. The van der Waals surface area contributed by atoms with E-state index < -0.39 is 5.67 Å². The lowest BCUT2D eigenvalue weighted by Gasteiger charge is -2.26. The molecular formula is C14H21FN2. The number of hydrogen-bond donors (Lipinski definition) is 1. The van der Waals surface area contributed by atoms with E-state index in [1.54, 1.807) is 6.92 Å². The van der Waals surface area contributed by atoms with Crippen molar-refractivity contribution in [1.82, 2.24) is 4.90 Å². The Morgan fingerprint density at radius 3 is 2.71 bits per heavy atom. The van der Waals surface area contributed by atoms with Crippen molar-refractivity contribution in [2.75, 3.05) is 19.6 Å². The number of halogens is 1. The van der Waals surface area contributed by atoms with Crippen molar-refractivity contribution in [3.63, 3.8) is 0 Å². The van der Waals surface area contributed by atoms with E-state index in [9.17, 15) is 4.39 Å². The van der Waals surface area contributed by atoms with Crippen LogP contribution < -0.4 is 5.73 Å². The van der Waals surface area contributed by atoms with Gasteiger partial charge in [0.15, 0.2) is 0 Å². The Morgan fingerprint density at radius 2 is 2.12 bits per heavy atom. The van der Waals surface area contributed by atoms with Crippen LogP contribution in [0.3, 0.4) is 0 Å². The Balaban J connectivity index is 1.90. The predicted molar refractivity (Wildman–Crippen MR) is 68.7 cm³/mol. The van der Waals surface area contributed by atoms with Gasteiger partial charge < -0.3 is 5.73 Å². The van der Waals surface area contributed by atoms with E-state index in [4.69, 9.17) is 5.73 Å². The molecular weight excluding hydrogens is 215 g/mol. The highest BCUT2D eigenvalue weighted by molar-refractivity contribution is 5.17. The van der Waals surface area contributed by atoms with E-state index in [0.29, 0.717) is 13.0 Å². The van der Waals surface area contributed by atoms with Gasteiger partial charge in [-0.25, -0.2) is 4.39 Å². The van der Waals surface area contributed by atoms with Crippen molar-refractivity contribution in [2.45, 2.75) is 31.5 Å². The van der Waals surface area contributed by atoms with Crippen LogP contribution in [0, 0.1) is 0 Å². The molecule has 1 heterocycles. The molecule has 2 atom stereocenters. The lowest BCUT2D eigenvalue weighted by atomic mass is 9.98. The first-order chi connectivity index (χ1) is 8.05. The molecule has 1 aliphatic rings. The molecule has 2 nitrogen and oxygen atoms in total. The zero-order valence-corrected chi connectivity index (χ0v) is 10.4. The van der Waals surface area contributed by atoms with Gasteiger partial charge in [0.2, 0.25) is 0 Å². The van der Waals surface area contributed by atoms with Gasteiger partial charge in [-0.15, -0.1) is 0 Å². The van der Waals surface area contributed by atoms with Gasteiger partial charge in [-0.1, -0.05) is 30.3 Å². The van der Waals surface area contributed by atoms with E-state index in [2.05, 4.69) is 4.90 Å². The highest BCUT2D eigenvalue weighted by Crippen LogP contribution is 2.21. The quantitative estimate of drug-likeness (QED) is 0.866. The van der Waals surface area contributed by atoms with Crippen molar-refractivity contribution in [1.29, 1.82) is 0 Å². The van der Waals surface area contributed by atoms with Crippen molar-refractivity contribution < 1.29 is 4.39 Å². The van der Waals surface area contributed by atoms with Gasteiger partial charge in [-0.2, -0.15) is 0 Å². The van der Waals surface area contributed by atoms with E-state index in [-0.39, 0.29) is 6.04 Å². The highest BCUT2D eigenvalue weighted by Gasteiger charge is 2.30. The second-order valence-corrected chi connectivity index (χ2v) is 5.36. The fourth-order valence-corrected chi connectivity index (χ4v) is 2.55. The minimum atomic E-state index is -1.18. The Labute approximate surface area is 103 Å². The average Bonchev–Trinajstić information content (AvgIpc) is 2.63. The molecule has 0 aromatic heterocycles. The third-order valence-corrected chi connectivity index (χ3v) is 3.28. The van der Waals surface area contributed by atoms with Crippen LogP contribution in [-0.2, 0) is 6.42 Å². The summed E-state index contributed by atoms with van der Waals surface area (Å²) in [5.74, 6) is 0. The van der Waals surface area contributed by atoms with Crippen LogP contribution in [0.4, 0.5) is 4.39 Å². The normalized spacial score (nSPS) is 24.8. The van der Waals surface area contributed by atoms with Crippen LogP contribution in [0.2, 0.25) is 0 Å². The Morgan fingerprint density at radius 1 is 1.41 bits per heavy atom. The molecule has 1 saturated heterocycles. The summed E-state index contributed by atoms with van der Waals surface area (Å²) in [6.45, 7) is 3.92. The summed E-state index contributed by atoms with van der Waals surface area (Å²) >= 11 is 0. The number of hydrogen-bond acceptors (Lipinski definition) is 2. The summed E-state index contributed by atoms with van der Waals surface area (Å²) in [5, 5.41) is 0. The number of likely N-dealkylation sites (tertiary alicyclic amines) is 1. The third-order valence-electron chi connectivity index (χ3n) is 3.28. The first-order valence-corrected chi connectivity index (χ1v) is 6.26. The number of nitrogens with zero attached hydrogens (tertiary/aromatic N) is 1. The summed E-state index contributed by atoms with van der Waals surface area (Å²) in [5.41, 5.74) is 5.71. The zero-order chi connectivity index (χ0) is 12.3. The van der Waals surface area contributed by atoms with E-state index >= 15 is 0 Å². The van der Waals surface area contributed by atoms with Crippen LogP contribution >= 0.6 is 0 Å². The molecule has 2 N–H and O–H groups in total. The molecule has 1 aliphatic heterocycles. The maximum atomic E-state index is 14.5. The molecule has 0 spiro atoms. The largest absolute Gasteiger partial charge is 0.326 e. The van der Waals surface area contributed by atoms with E-state index in [1.807, 2.05) is 30.3 Å². The summed E-state index contributed by atoms with van der Waals surface area (Å²) in [6.07, 6.45) is 1.46. The number of alkyl halides is 1. The number of benzene rings is 1.